The molecule has 2 aromatic carbocycles. The second kappa shape index (κ2) is 8.66. The van der Waals surface area contributed by atoms with E-state index in [-0.39, 0.29) is 17.5 Å². The molecule has 0 fully saturated rings. The topological polar surface area (TPSA) is 109 Å². The molecular weight excluding hydrogens is 395 g/mol. The number of aryl methyl sites for hydroxylation is 1. The SMILES string of the molecule is Cc1ccc(Nc2ccc(O)c(-c3cc(NCc4ccncc4)nc(N)n3)c2)c(F)c1. The molecule has 0 atom stereocenters. The Morgan fingerprint density at radius 1 is 1.00 bits per heavy atom. The maximum atomic E-state index is 14.2. The number of nitrogens with zero attached hydrogens (tertiary/aromatic N) is 3. The Bertz CT molecular complexity index is 1220. The molecule has 156 valence electrons. The van der Waals surface area contributed by atoms with Crippen LogP contribution in [-0.4, -0.2) is 20.1 Å². The summed E-state index contributed by atoms with van der Waals surface area (Å²) in [5.74, 6) is 0.246. The Kier molecular flexibility index (Phi) is 5.61. The van der Waals surface area contributed by atoms with Gasteiger partial charge in [-0.2, -0.15) is 4.98 Å². The molecule has 0 aliphatic heterocycles. The first-order valence-corrected chi connectivity index (χ1v) is 9.62. The lowest BCUT2D eigenvalue weighted by Crippen LogP contribution is -2.05. The van der Waals surface area contributed by atoms with Crippen LogP contribution in [0, 0.1) is 12.7 Å². The van der Waals surface area contributed by atoms with Crippen molar-refractivity contribution in [1.29, 1.82) is 0 Å². The van der Waals surface area contributed by atoms with Crippen LogP contribution in [0.4, 0.5) is 27.5 Å². The summed E-state index contributed by atoms with van der Waals surface area (Å²) in [6.07, 6.45) is 3.42. The smallest absolute Gasteiger partial charge is 0.222 e. The van der Waals surface area contributed by atoms with Crippen molar-refractivity contribution >= 4 is 23.1 Å². The molecule has 2 aromatic heterocycles. The van der Waals surface area contributed by atoms with Gasteiger partial charge in [-0.15, -0.1) is 0 Å². The van der Waals surface area contributed by atoms with Crippen molar-refractivity contribution in [3.63, 3.8) is 0 Å². The number of hydrogen-bond donors (Lipinski definition) is 4. The molecule has 4 rings (SSSR count). The summed E-state index contributed by atoms with van der Waals surface area (Å²) >= 11 is 0. The first kappa shape index (κ1) is 20.1. The molecule has 0 bridgehead atoms. The number of nitrogens with two attached hydrogens (primary N) is 1. The molecule has 0 aliphatic rings. The van der Waals surface area contributed by atoms with E-state index in [4.69, 9.17) is 5.73 Å². The van der Waals surface area contributed by atoms with E-state index in [1.165, 1.54) is 12.1 Å². The summed E-state index contributed by atoms with van der Waals surface area (Å²) < 4.78 is 14.2. The van der Waals surface area contributed by atoms with Crippen LogP contribution in [0.3, 0.4) is 0 Å². The van der Waals surface area contributed by atoms with Crippen molar-refractivity contribution in [3.05, 3.63) is 83.9 Å². The highest BCUT2D eigenvalue weighted by Gasteiger charge is 2.12. The number of phenols is 1. The van der Waals surface area contributed by atoms with Crippen LogP contribution in [0.1, 0.15) is 11.1 Å². The minimum absolute atomic E-state index is 0.0214. The van der Waals surface area contributed by atoms with E-state index in [9.17, 15) is 9.50 Å². The zero-order valence-corrected chi connectivity index (χ0v) is 16.8. The number of aromatic hydroxyl groups is 1. The molecule has 5 N–H and O–H groups in total. The van der Waals surface area contributed by atoms with Gasteiger partial charge in [0.25, 0.3) is 0 Å². The largest absolute Gasteiger partial charge is 0.507 e. The summed E-state index contributed by atoms with van der Waals surface area (Å²) in [6.45, 7) is 2.35. The lowest BCUT2D eigenvalue weighted by Gasteiger charge is -2.12. The van der Waals surface area contributed by atoms with Crippen molar-refractivity contribution in [2.45, 2.75) is 13.5 Å². The Morgan fingerprint density at radius 2 is 1.81 bits per heavy atom. The van der Waals surface area contributed by atoms with Crippen molar-refractivity contribution in [3.8, 4) is 17.0 Å². The lowest BCUT2D eigenvalue weighted by atomic mass is 10.1. The Morgan fingerprint density at radius 3 is 2.58 bits per heavy atom. The van der Waals surface area contributed by atoms with E-state index in [1.54, 1.807) is 36.7 Å². The molecule has 2 heterocycles. The molecule has 0 aliphatic carbocycles. The highest BCUT2D eigenvalue weighted by Crippen LogP contribution is 2.33. The quantitative estimate of drug-likeness (QED) is 0.339. The molecule has 0 saturated heterocycles. The van der Waals surface area contributed by atoms with Gasteiger partial charge in [0.2, 0.25) is 5.95 Å². The second-order valence-corrected chi connectivity index (χ2v) is 7.05. The van der Waals surface area contributed by atoms with E-state index in [2.05, 4.69) is 25.6 Å². The third kappa shape index (κ3) is 4.87. The van der Waals surface area contributed by atoms with Gasteiger partial charge in [0.05, 0.1) is 11.4 Å². The maximum Gasteiger partial charge on any atom is 0.222 e. The standard InChI is InChI=1S/C23H21FN6O/c1-14-2-4-19(18(24)10-14)28-16-3-5-21(31)17(11-16)20-12-22(30-23(25)29-20)27-13-15-6-8-26-9-7-15/h2-12,28,31H,13H2,1H3,(H3,25,27,29,30). The van der Waals surface area contributed by atoms with Crippen LogP contribution in [0.2, 0.25) is 0 Å². The summed E-state index contributed by atoms with van der Waals surface area (Å²) in [5.41, 5.74) is 9.57. The van der Waals surface area contributed by atoms with E-state index in [1.807, 2.05) is 25.1 Å². The minimum Gasteiger partial charge on any atom is -0.507 e. The van der Waals surface area contributed by atoms with Crippen LogP contribution in [0.15, 0.2) is 67.0 Å². The number of hydrogen-bond acceptors (Lipinski definition) is 7. The fraction of sp³-hybridized carbons (Fsp3) is 0.0870. The summed E-state index contributed by atoms with van der Waals surface area (Å²) in [7, 11) is 0. The van der Waals surface area contributed by atoms with Gasteiger partial charge in [0, 0.05) is 36.3 Å². The first-order valence-electron chi connectivity index (χ1n) is 9.62. The van der Waals surface area contributed by atoms with Gasteiger partial charge in [-0.1, -0.05) is 6.07 Å². The normalized spacial score (nSPS) is 10.6. The van der Waals surface area contributed by atoms with Crippen molar-refractivity contribution < 1.29 is 9.50 Å². The summed E-state index contributed by atoms with van der Waals surface area (Å²) in [5, 5.41) is 16.6. The number of benzene rings is 2. The molecular formula is C23H21FN6O. The maximum absolute atomic E-state index is 14.2. The summed E-state index contributed by atoms with van der Waals surface area (Å²) in [4.78, 5) is 12.5. The highest BCUT2D eigenvalue weighted by atomic mass is 19.1. The molecule has 31 heavy (non-hydrogen) atoms. The van der Waals surface area contributed by atoms with Crippen LogP contribution >= 0.6 is 0 Å². The minimum atomic E-state index is -0.358. The van der Waals surface area contributed by atoms with Gasteiger partial charge in [-0.3, -0.25) is 4.98 Å². The fourth-order valence-corrected chi connectivity index (χ4v) is 3.08. The third-order valence-corrected chi connectivity index (χ3v) is 4.64. The monoisotopic (exact) mass is 416 g/mol. The van der Waals surface area contributed by atoms with Crippen LogP contribution < -0.4 is 16.4 Å². The molecule has 0 amide bonds. The number of nitrogens with one attached hydrogen (secondary N) is 2. The van der Waals surface area contributed by atoms with Crippen LogP contribution in [0.25, 0.3) is 11.3 Å². The Labute approximate surface area is 178 Å². The fourth-order valence-electron chi connectivity index (χ4n) is 3.08. The summed E-state index contributed by atoms with van der Waals surface area (Å²) in [6, 6.07) is 15.3. The van der Waals surface area contributed by atoms with E-state index in [0.29, 0.717) is 35.0 Å². The van der Waals surface area contributed by atoms with Crippen molar-refractivity contribution in [2.24, 2.45) is 0 Å². The molecule has 0 unspecified atom stereocenters. The number of rotatable bonds is 6. The number of anilines is 4. The first-order chi connectivity index (χ1) is 15.0. The van der Waals surface area contributed by atoms with Crippen LogP contribution in [0.5, 0.6) is 5.75 Å². The molecule has 7 nitrogen and oxygen atoms in total. The number of aromatic nitrogens is 3. The van der Waals surface area contributed by atoms with Gasteiger partial charge in [0.15, 0.2) is 0 Å². The van der Waals surface area contributed by atoms with Gasteiger partial charge in [0.1, 0.15) is 17.4 Å². The predicted octanol–water partition coefficient (Wildman–Crippen LogP) is 4.63. The van der Waals surface area contributed by atoms with Crippen molar-refractivity contribution in [1.82, 2.24) is 15.0 Å². The van der Waals surface area contributed by atoms with E-state index < -0.39 is 0 Å². The number of phenolic OH excluding ortho intramolecular Hbond substituents is 1. The Balaban J connectivity index is 1.61. The third-order valence-electron chi connectivity index (χ3n) is 4.64. The zero-order valence-electron chi connectivity index (χ0n) is 16.8. The lowest BCUT2D eigenvalue weighted by molar-refractivity contribution is 0.477. The van der Waals surface area contributed by atoms with E-state index in [0.717, 1.165) is 11.1 Å². The molecule has 0 radical (unpaired) electrons. The van der Waals surface area contributed by atoms with Gasteiger partial charge < -0.3 is 21.5 Å². The van der Waals surface area contributed by atoms with Crippen LogP contribution in [-0.2, 0) is 6.54 Å². The zero-order chi connectivity index (χ0) is 21.8. The molecule has 4 aromatic rings. The second-order valence-electron chi connectivity index (χ2n) is 7.05. The Hall–Kier alpha value is -4.20. The van der Waals surface area contributed by atoms with Crippen molar-refractivity contribution in [2.75, 3.05) is 16.4 Å². The van der Waals surface area contributed by atoms with E-state index >= 15 is 0 Å². The average Bonchev–Trinajstić information content (AvgIpc) is 2.76. The highest BCUT2D eigenvalue weighted by molar-refractivity contribution is 5.75. The van der Waals surface area contributed by atoms with Gasteiger partial charge in [-0.05, 0) is 60.5 Å². The number of nitrogen functional groups attached to an aromatic ring is 1. The molecule has 8 heteroatoms. The predicted molar refractivity (Wildman–Crippen MR) is 120 cm³/mol. The number of pyridine rings is 1. The average molecular weight is 416 g/mol. The number of halogens is 1. The molecule has 0 saturated carbocycles. The van der Waals surface area contributed by atoms with Gasteiger partial charge in [-0.25, -0.2) is 9.37 Å². The molecule has 0 spiro atoms. The van der Waals surface area contributed by atoms with Gasteiger partial charge >= 0.3 is 0 Å².